The van der Waals surface area contributed by atoms with Gasteiger partial charge in [0.05, 0.1) is 17.5 Å². The van der Waals surface area contributed by atoms with Crippen molar-refractivity contribution in [1.82, 2.24) is 0 Å². The predicted molar refractivity (Wildman–Crippen MR) is 105 cm³/mol. The second-order valence-corrected chi connectivity index (χ2v) is 6.37. The van der Waals surface area contributed by atoms with E-state index in [1.54, 1.807) is 12.3 Å². The molecule has 3 aromatic carbocycles. The quantitative estimate of drug-likeness (QED) is 0.382. The number of hydrogen-bond donors (Lipinski definition) is 1. The fraction of sp³-hybridized carbons (Fsp3) is 0.0952. The molecule has 3 rings (SSSR count). The maximum absolute atomic E-state index is 12.6. The molecule has 3 aromatic rings. The summed E-state index contributed by atoms with van der Waals surface area (Å²) in [5, 5.41) is 4.69. The van der Waals surface area contributed by atoms with Crippen molar-refractivity contribution in [2.45, 2.75) is 12.8 Å². The molecule has 7 heteroatoms. The third-order valence-electron chi connectivity index (χ3n) is 3.77. The van der Waals surface area contributed by atoms with Crippen LogP contribution < -0.4 is 10.2 Å². The van der Waals surface area contributed by atoms with Crippen LogP contribution in [0.2, 0.25) is 5.02 Å². The molecule has 0 aromatic heterocycles. The molecule has 0 aliphatic carbocycles. The summed E-state index contributed by atoms with van der Waals surface area (Å²) < 4.78 is 43.4. The van der Waals surface area contributed by atoms with E-state index in [2.05, 4.69) is 10.5 Å². The molecule has 0 radical (unpaired) electrons. The van der Waals surface area contributed by atoms with Gasteiger partial charge in [0.15, 0.2) is 0 Å². The molecule has 0 saturated heterocycles. The molecule has 0 amide bonds. The fourth-order valence-electron chi connectivity index (χ4n) is 2.39. The Balaban J connectivity index is 1.58. The molecule has 0 unspecified atom stereocenters. The van der Waals surface area contributed by atoms with E-state index in [0.29, 0.717) is 23.1 Å². The summed E-state index contributed by atoms with van der Waals surface area (Å²) in [7, 11) is 0. The van der Waals surface area contributed by atoms with Crippen LogP contribution in [-0.4, -0.2) is 6.21 Å². The number of rotatable bonds is 6. The van der Waals surface area contributed by atoms with Gasteiger partial charge in [-0.15, -0.1) is 0 Å². The summed E-state index contributed by atoms with van der Waals surface area (Å²) >= 11 is 5.95. The van der Waals surface area contributed by atoms with Crippen LogP contribution in [-0.2, 0) is 12.8 Å². The summed E-state index contributed by atoms with van der Waals surface area (Å²) in [6.07, 6.45) is -2.79. The third-order valence-corrected chi connectivity index (χ3v) is 4.01. The Kier molecular flexibility index (Phi) is 6.21. The first kappa shape index (κ1) is 19.8. The lowest BCUT2D eigenvalue weighted by Gasteiger charge is -2.08. The van der Waals surface area contributed by atoms with Crippen LogP contribution in [0, 0.1) is 0 Å². The Morgan fingerprint density at radius 1 is 0.964 bits per heavy atom. The van der Waals surface area contributed by atoms with Crippen LogP contribution in [0.1, 0.15) is 16.7 Å². The minimum Gasteiger partial charge on any atom is -0.489 e. The van der Waals surface area contributed by atoms with Gasteiger partial charge in [-0.05, 0) is 59.7 Å². The Morgan fingerprint density at radius 2 is 1.71 bits per heavy atom. The maximum Gasteiger partial charge on any atom is 0.416 e. The minimum atomic E-state index is -4.35. The molecule has 0 bridgehead atoms. The zero-order valence-electron chi connectivity index (χ0n) is 14.6. The van der Waals surface area contributed by atoms with E-state index in [9.17, 15) is 13.2 Å². The lowest BCUT2D eigenvalue weighted by Crippen LogP contribution is -2.04. The van der Waals surface area contributed by atoms with Crippen molar-refractivity contribution < 1.29 is 17.9 Å². The molecule has 0 heterocycles. The molecule has 0 atom stereocenters. The molecule has 28 heavy (non-hydrogen) atoms. The second-order valence-electron chi connectivity index (χ2n) is 5.94. The first-order valence-corrected chi connectivity index (χ1v) is 8.71. The topological polar surface area (TPSA) is 33.6 Å². The molecule has 0 saturated carbocycles. The molecule has 0 aliphatic heterocycles. The van der Waals surface area contributed by atoms with E-state index in [1.807, 2.05) is 42.5 Å². The smallest absolute Gasteiger partial charge is 0.416 e. The van der Waals surface area contributed by atoms with E-state index in [0.717, 1.165) is 23.3 Å². The van der Waals surface area contributed by atoms with Crippen LogP contribution in [0.25, 0.3) is 0 Å². The average Bonchev–Trinajstić information content (AvgIpc) is 2.67. The molecule has 1 N–H and O–H groups in total. The highest BCUT2D eigenvalue weighted by Crippen LogP contribution is 2.29. The Hall–Kier alpha value is -2.99. The van der Waals surface area contributed by atoms with Crippen LogP contribution in [0.3, 0.4) is 0 Å². The van der Waals surface area contributed by atoms with Crippen molar-refractivity contribution >= 4 is 23.5 Å². The lowest BCUT2D eigenvalue weighted by atomic mass is 10.2. The normalized spacial score (nSPS) is 11.6. The number of halogens is 4. The standard InChI is InChI=1S/C21H16ClF3N2O/c22-18-5-1-4-16(11-18)14-28-20-6-2-3-15(12-20)13-26-27-19-9-7-17(8-10-19)21(23,24)25/h1-13,27H,14H2. The number of ether oxygens (including phenoxy) is 1. The van der Waals surface area contributed by atoms with Gasteiger partial charge < -0.3 is 4.74 Å². The Labute approximate surface area is 165 Å². The predicted octanol–water partition coefficient (Wildman–Crippen LogP) is 6.38. The highest BCUT2D eigenvalue weighted by atomic mass is 35.5. The first-order valence-electron chi connectivity index (χ1n) is 8.34. The van der Waals surface area contributed by atoms with Gasteiger partial charge >= 0.3 is 6.18 Å². The van der Waals surface area contributed by atoms with Crippen molar-refractivity contribution in [3.05, 3.63) is 94.5 Å². The van der Waals surface area contributed by atoms with Gasteiger partial charge in [0.1, 0.15) is 12.4 Å². The fourth-order valence-corrected chi connectivity index (χ4v) is 2.61. The van der Waals surface area contributed by atoms with Gasteiger partial charge in [0.25, 0.3) is 0 Å². The maximum atomic E-state index is 12.6. The van der Waals surface area contributed by atoms with Crippen molar-refractivity contribution in [2.24, 2.45) is 5.10 Å². The van der Waals surface area contributed by atoms with E-state index in [-0.39, 0.29) is 0 Å². The van der Waals surface area contributed by atoms with E-state index >= 15 is 0 Å². The van der Waals surface area contributed by atoms with Gasteiger partial charge in [-0.3, -0.25) is 5.43 Å². The van der Waals surface area contributed by atoms with Crippen molar-refractivity contribution in [2.75, 3.05) is 5.43 Å². The lowest BCUT2D eigenvalue weighted by molar-refractivity contribution is -0.137. The van der Waals surface area contributed by atoms with E-state index in [1.165, 1.54) is 12.1 Å². The molecule has 144 valence electrons. The summed E-state index contributed by atoms with van der Waals surface area (Å²) in [5.41, 5.74) is 4.19. The minimum absolute atomic E-state index is 0.380. The van der Waals surface area contributed by atoms with Gasteiger partial charge in [-0.1, -0.05) is 35.9 Å². The van der Waals surface area contributed by atoms with Gasteiger partial charge in [0.2, 0.25) is 0 Å². The van der Waals surface area contributed by atoms with E-state index in [4.69, 9.17) is 16.3 Å². The highest BCUT2D eigenvalue weighted by molar-refractivity contribution is 6.30. The second kappa shape index (κ2) is 8.80. The summed E-state index contributed by atoms with van der Waals surface area (Å²) in [4.78, 5) is 0. The SMILES string of the molecule is FC(F)(F)c1ccc(NN=Cc2cccc(OCc3cccc(Cl)c3)c2)cc1. The van der Waals surface area contributed by atoms with E-state index < -0.39 is 11.7 Å². The number of nitrogens with one attached hydrogen (secondary N) is 1. The zero-order chi connectivity index (χ0) is 20.0. The summed E-state index contributed by atoms with van der Waals surface area (Å²) in [6, 6.07) is 19.4. The molecule has 3 nitrogen and oxygen atoms in total. The molecule has 0 spiro atoms. The highest BCUT2D eigenvalue weighted by Gasteiger charge is 2.29. The average molecular weight is 405 g/mol. The number of hydrazone groups is 1. The summed E-state index contributed by atoms with van der Waals surface area (Å²) in [5.74, 6) is 0.665. The Bertz CT molecular complexity index is 956. The van der Waals surface area contributed by atoms with Crippen LogP contribution in [0.15, 0.2) is 77.9 Å². The van der Waals surface area contributed by atoms with Crippen LogP contribution in [0.4, 0.5) is 18.9 Å². The first-order chi connectivity index (χ1) is 13.4. The van der Waals surface area contributed by atoms with Gasteiger partial charge in [-0.25, -0.2) is 0 Å². The number of benzene rings is 3. The van der Waals surface area contributed by atoms with Crippen LogP contribution >= 0.6 is 11.6 Å². The van der Waals surface area contributed by atoms with Crippen molar-refractivity contribution in [3.8, 4) is 5.75 Å². The molecule has 0 fully saturated rings. The number of nitrogens with zero attached hydrogens (tertiary/aromatic N) is 1. The van der Waals surface area contributed by atoms with Gasteiger partial charge in [-0.2, -0.15) is 18.3 Å². The molecule has 0 aliphatic rings. The monoisotopic (exact) mass is 404 g/mol. The number of anilines is 1. The largest absolute Gasteiger partial charge is 0.489 e. The number of hydrogen-bond acceptors (Lipinski definition) is 3. The van der Waals surface area contributed by atoms with Gasteiger partial charge in [0, 0.05) is 5.02 Å². The molecular weight excluding hydrogens is 389 g/mol. The molecular formula is C21H16ClF3N2O. The third kappa shape index (κ3) is 5.76. The van der Waals surface area contributed by atoms with Crippen molar-refractivity contribution in [3.63, 3.8) is 0 Å². The summed E-state index contributed by atoms with van der Waals surface area (Å²) in [6.45, 7) is 0.380. The van der Waals surface area contributed by atoms with Crippen LogP contribution in [0.5, 0.6) is 5.75 Å². The number of alkyl halides is 3. The Morgan fingerprint density at radius 3 is 2.43 bits per heavy atom. The zero-order valence-corrected chi connectivity index (χ0v) is 15.3. The van der Waals surface area contributed by atoms with Crippen molar-refractivity contribution in [1.29, 1.82) is 0 Å².